The maximum absolute atomic E-state index is 14.8. The van der Waals surface area contributed by atoms with Crippen molar-refractivity contribution in [1.82, 2.24) is 58.1 Å². The fourth-order valence-electron chi connectivity index (χ4n) is 11.4. The highest BCUT2D eigenvalue weighted by Gasteiger charge is 2.42. The molecule has 1 aromatic rings. The van der Waals surface area contributed by atoms with E-state index in [0.717, 1.165) is 62.1 Å². The number of esters is 1. The first-order chi connectivity index (χ1) is 52.1. The molecule has 0 aromatic heterocycles. The van der Waals surface area contributed by atoms with Crippen LogP contribution in [0.25, 0.3) is 0 Å². The number of benzene rings is 1. The number of aliphatic imine (C=N–C) groups is 1. The molecule has 1 fully saturated rings. The summed E-state index contributed by atoms with van der Waals surface area (Å²) >= 11 is 5.30. The number of aliphatic carboxylic acids is 3. The quantitative estimate of drug-likeness (QED) is 0.0105. The number of hydrogen-bond donors (Lipinski definition) is 20. The number of nitrogens with two attached hydrogens (primary N) is 4. The Morgan fingerprint density at radius 1 is 0.600 bits per heavy atom. The number of rotatable bonds is 56. The minimum atomic E-state index is -1.90. The Morgan fingerprint density at radius 2 is 1.13 bits per heavy atom. The summed E-state index contributed by atoms with van der Waals surface area (Å²) in [6.45, 7) is 8.80. The summed E-state index contributed by atoms with van der Waals surface area (Å²) in [7, 11) is 0. The number of aliphatic hydroxyl groups excluding tert-OH is 2. The molecule has 23 N–H and O–H groups in total. The molecular weight excluding hydrogens is 1480 g/mol. The van der Waals surface area contributed by atoms with Crippen LogP contribution in [0, 0.1) is 11.8 Å². The summed E-state index contributed by atoms with van der Waals surface area (Å²) in [6.07, 6.45) is 3.53. The number of carbonyl (C=O) groups excluding carboxylic acids is 12. The van der Waals surface area contributed by atoms with Gasteiger partial charge in [0.1, 0.15) is 73.1 Å². The maximum Gasteiger partial charge on any atom is 0.327 e. The van der Waals surface area contributed by atoms with E-state index in [1.165, 1.54) is 0 Å². The van der Waals surface area contributed by atoms with Gasteiger partial charge in [0.25, 0.3) is 0 Å². The van der Waals surface area contributed by atoms with Crippen LogP contribution in [-0.4, -0.2) is 254 Å². The minimum absolute atomic E-state index is 0.00898. The fraction of sp³-hybridized carbons (Fsp3) is 0.690. The lowest BCUT2D eigenvalue weighted by molar-refractivity contribution is -0.143. The van der Waals surface area contributed by atoms with Crippen molar-refractivity contribution in [2.75, 3.05) is 50.1 Å². The number of aliphatic hydroxyl groups is 2. The molecule has 1 aliphatic heterocycles. The third-order valence-electron chi connectivity index (χ3n) is 17.6. The van der Waals surface area contributed by atoms with E-state index in [4.69, 9.17) is 27.7 Å². The van der Waals surface area contributed by atoms with Gasteiger partial charge in [0.2, 0.25) is 65.0 Å². The summed E-state index contributed by atoms with van der Waals surface area (Å²) in [5.74, 6) is -17.3. The highest BCUT2D eigenvalue weighted by atomic mass is 32.2. The molecule has 39 heteroatoms. The fourth-order valence-corrected chi connectivity index (χ4v) is 12.5. The number of hydrogen-bond acceptors (Lipinski definition) is 23. The molecule has 37 nitrogen and oxygen atoms in total. The van der Waals surface area contributed by atoms with Crippen LogP contribution in [-0.2, 0) is 83.1 Å². The van der Waals surface area contributed by atoms with Gasteiger partial charge in [-0.25, -0.2) is 4.79 Å². The molecule has 0 bridgehead atoms. The van der Waals surface area contributed by atoms with Crippen molar-refractivity contribution in [2.24, 2.45) is 39.8 Å². The number of carbonyl (C=O) groups is 15. The molecule has 2 rings (SSSR count). The van der Waals surface area contributed by atoms with Crippen LogP contribution in [0.2, 0.25) is 0 Å². The molecule has 1 saturated heterocycles. The van der Waals surface area contributed by atoms with Gasteiger partial charge in [-0.2, -0.15) is 24.4 Å². The third-order valence-corrected chi connectivity index (χ3v) is 19.0. The third kappa shape index (κ3) is 37.7. The van der Waals surface area contributed by atoms with E-state index in [2.05, 4.69) is 77.7 Å². The van der Waals surface area contributed by atoms with Gasteiger partial charge in [-0.15, -0.1) is 0 Å². The average molecular weight is 1600 g/mol. The first kappa shape index (κ1) is 97.2. The molecule has 11 amide bonds. The van der Waals surface area contributed by atoms with Crippen LogP contribution in [0.5, 0.6) is 0 Å². The number of ether oxygens (including phenoxy) is 1. The van der Waals surface area contributed by atoms with Crippen molar-refractivity contribution in [1.29, 1.82) is 0 Å². The molecule has 0 radical (unpaired) electrons. The Labute approximate surface area is 650 Å². The molecule has 0 aliphatic carbocycles. The molecule has 1 aromatic carbocycles. The first-order valence-corrected chi connectivity index (χ1v) is 39.1. The Morgan fingerprint density at radius 3 is 1.71 bits per heavy atom. The summed E-state index contributed by atoms with van der Waals surface area (Å²) in [6, 6.07) is -10.4. The van der Waals surface area contributed by atoms with E-state index in [9.17, 15) is 97.5 Å². The summed E-state index contributed by atoms with van der Waals surface area (Å²) in [4.78, 5) is 208. The predicted molar refractivity (Wildman–Crippen MR) is 410 cm³/mol. The molecular formula is C71H118N16O21S2. The minimum Gasteiger partial charge on any atom is -0.481 e. The Kier molecular flexibility index (Phi) is 46.9. The van der Waals surface area contributed by atoms with Crippen LogP contribution in [0.15, 0.2) is 35.3 Å². The van der Waals surface area contributed by atoms with Gasteiger partial charge in [-0.1, -0.05) is 103 Å². The second-order valence-electron chi connectivity index (χ2n) is 27.7. The number of nitrogens with one attached hydrogen (secondary N) is 10. The highest BCUT2D eigenvalue weighted by Crippen LogP contribution is 2.22. The Balaban J connectivity index is 2.39. The number of carboxylic acid groups (broad SMARTS) is 3. The van der Waals surface area contributed by atoms with Gasteiger partial charge in [-0.3, -0.25) is 72.1 Å². The van der Waals surface area contributed by atoms with E-state index in [1.54, 1.807) is 58.0 Å². The lowest BCUT2D eigenvalue weighted by Gasteiger charge is -2.31. The Bertz CT molecular complexity index is 3190. The monoisotopic (exact) mass is 1590 g/mol. The smallest absolute Gasteiger partial charge is 0.327 e. The van der Waals surface area contributed by atoms with Crippen LogP contribution < -0.4 is 76.1 Å². The highest BCUT2D eigenvalue weighted by molar-refractivity contribution is 7.99. The number of thioether (sulfide) groups is 1. The molecule has 110 heavy (non-hydrogen) atoms. The van der Waals surface area contributed by atoms with Crippen LogP contribution in [0.3, 0.4) is 0 Å². The van der Waals surface area contributed by atoms with E-state index >= 15 is 0 Å². The van der Waals surface area contributed by atoms with Crippen LogP contribution in [0.4, 0.5) is 0 Å². The molecule has 1 heterocycles. The van der Waals surface area contributed by atoms with Gasteiger partial charge in [0.15, 0.2) is 5.96 Å². The lowest BCUT2D eigenvalue weighted by atomic mass is 10.0. The number of nitrogens with zero attached hydrogens (tertiary/aromatic N) is 2. The normalized spacial score (nSPS) is 15.9. The van der Waals surface area contributed by atoms with Crippen molar-refractivity contribution in [3.63, 3.8) is 0 Å². The van der Waals surface area contributed by atoms with Crippen LogP contribution >= 0.6 is 24.4 Å². The number of carboxylic acids is 3. The number of guanidine groups is 1. The van der Waals surface area contributed by atoms with Gasteiger partial charge < -0.3 is 111 Å². The number of amides is 11. The Hall–Kier alpha value is -8.92. The number of unbranched alkanes of at least 4 members (excludes halogenated alkanes) is 7. The summed E-state index contributed by atoms with van der Waals surface area (Å²) in [5.41, 5.74) is 23.3. The predicted octanol–water partition coefficient (Wildman–Crippen LogP) is -2.58. The van der Waals surface area contributed by atoms with E-state index in [1.807, 2.05) is 0 Å². The zero-order valence-electron chi connectivity index (χ0n) is 63.7. The average Bonchev–Trinajstić information content (AvgIpc) is 1.62. The van der Waals surface area contributed by atoms with Gasteiger partial charge in [-0.05, 0) is 95.1 Å². The molecule has 620 valence electrons. The lowest BCUT2D eigenvalue weighted by Crippen LogP contribution is -2.62. The number of thiol groups is 1. The standard InChI is InChI=1S/C71H118N16O21S2/c1-7-8-9-10-11-12-16-26-56(94)108-32-33-110-39-52(70(106)107)85-59(95)44(23-17-18-29-72)77-60(96)45(27-28-54(90)91)78-68(104)58(42(6)89)86-66(102)53-25-20-31-87(53)69(105)46(24-19-30-76-71(74)75)79-64(100)50(37-88)83-61(97)47(34-40(2)3)80-62(98)48(35-43-21-14-13-15-22-43)81-65(101)51(38-109)84-63(99)49(36-55(92)93)82-67(103)57(73)41(4)5/h13-15,21-22,40-42,44-53,57-58,88-89,109H,7-12,16-20,23-39,72-73H2,1-6H3,(H,77,96)(H,78,104)(H,79,100)(H,80,98)(H,81,101)(H,82,103)(H,83,97)(H,84,99)(H,85,95)(H,86,102)(H,90,91)(H,92,93)(H,106,107)(H4,74,75,76)/t42-,44+,45+,46+,47+,48+,49+,50+,51+,52+,53+,57+,58+/m1/s1. The van der Waals surface area contributed by atoms with Crippen molar-refractivity contribution in [2.45, 2.75) is 249 Å². The zero-order valence-corrected chi connectivity index (χ0v) is 65.4. The first-order valence-electron chi connectivity index (χ1n) is 37.3. The second kappa shape index (κ2) is 53.1. The van der Waals surface area contributed by atoms with Gasteiger partial charge in [0.05, 0.1) is 25.2 Å². The molecule has 0 unspecified atom stereocenters. The molecule has 13 atom stereocenters. The number of likely N-dealkylation sites (tertiary alicyclic amines) is 1. The van der Waals surface area contributed by atoms with Crippen molar-refractivity contribution in [3.8, 4) is 0 Å². The van der Waals surface area contributed by atoms with Gasteiger partial charge >= 0.3 is 23.9 Å². The SMILES string of the molecule is CCCCCCCCCC(=O)OCCSC[C@H](NC(=O)[C@H](CCCCN)NC(=O)[C@H](CCC(=O)O)NC(=O)[C@@H](NC(=O)[C@@H]1CCCN1C(=O)[C@H](CCCN=C(N)N)NC(=O)[C@H](CO)NC(=O)[C@H](CC(C)C)NC(=O)[C@H](Cc1ccccc1)NC(=O)[C@H](CS)NC(=O)[C@H](CC(=O)O)NC(=O)[C@@H](N)C(C)C)[C@@H](C)O)C(=O)O. The topological polar surface area (TPSA) is 606 Å². The summed E-state index contributed by atoms with van der Waals surface area (Å²) < 4.78 is 5.30. The molecule has 1 aliphatic rings. The van der Waals surface area contributed by atoms with E-state index in [0.29, 0.717) is 18.4 Å². The molecule has 0 saturated carbocycles. The molecule has 0 spiro atoms. The van der Waals surface area contributed by atoms with E-state index in [-0.39, 0.29) is 113 Å². The van der Waals surface area contributed by atoms with E-state index < -0.39 is 199 Å². The van der Waals surface area contributed by atoms with Crippen molar-refractivity contribution >= 4 is 119 Å². The van der Waals surface area contributed by atoms with Crippen LogP contribution in [0.1, 0.15) is 169 Å². The maximum atomic E-state index is 14.8. The van der Waals surface area contributed by atoms with Gasteiger partial charge in [0, 0.05) is 49.6 Å². The largest absolute Gasteiger partial charge is 0.481 e. The second-order valence-corrected chi connectivity index (χ2v) is 29.2. The zero-order chi connectivity index (χ0) is 82.6. The van der Waals surface area contributed by atoms with Crippen molar-refractivity contribution < 1.29 is 102 Å². The van der Waals surface area contributed by atoms with Crippen molar-refractivity contribution in [3.05, 3.63) is 35.9 Å². The summed E-state index contributed by atoms with van der Waals surface area (Å²) in [5, 5.41) is 75.4.